The third kappa shape index (κ3) is 2.18. The highest BCUT2D eigenvalue weighted by molar-refractivity contribution is 6.21. The van der Waals surface area contributed by atoms with Gasteiger partial charge in [0.05, 0.1) is 16.4 Å². The lowest BCUT2D eigenvalue weighted by Gasteiger charge is -2.17. The van der Waals surface area contributed by atoms with E-state index in [1.165, 1.54) is 11.1 Å². The van der Waals surface area contributed by atoms with Crippen LogP contribution in [0.5, 0.6) is 0 Å². The molecule has 1 aliphatic rings. The predicted molar refractivity (Wildman–Crippen MR) is 84.9 cm³/mol. The van der Waals surface area contributed by atoms with Gasteiger partial charge in [0.2, 0.25) is 0 Å². The van der Waals surface area contributed by atoms with Crippen molar-refractivity contribution in [2.75, 3.05) is 0 Å². The monoisotopic (exact) mass is 298 g/mol. The van der Waals surface area contributed by atoms with Crippen molar-refractivity contribution in [3.8, 4) is 0 Å². The summed E-state index contributed by atoms with van der Waals surface area (Å²) in [5.41, 5.74) is 5.34. The summed E-state index contributed by atoms with van der Waals surface area (Å²) < 4.78 is 0. The quantitative estimate of drug-likeness (QED) is 0.698. The van der Waals surface area contributed by atoms with Gasteiger partial charge in [-0.05, 0) is 47.6 Å². The zero-order chi connectivity index (χ0) is 14.4. The standard InChI is InChI=1S/C17H15ClN2O/c18-16(13-7-10-3-1-2-4-11(10)8-13)12-5-6-14-15(9-12)20-17(21)19-14/h1-6,9,13,16H,7-8H2,(H2,19,20,21). The molecule has 3 aromatic rings. The van der Waals surface area contributed by atoms with Crippen LogP contribution in [0.15, 0.2) is 47.3 Å². The normalized spacial score (nSPS) is 16.2. The van der Waals surface area contributed by atoms with E-state index in [-0.39, 0.29) is 11.1 Å². The van der Waals surface area contributed by atoms with Crippen LogP contribution in [-0.4, -0.2) is 9.97 Å². The summed E-state index contributed by atoms with van der Waals surface area (Å²) in [6.45, 7) is 0. The van der Waals surface area contributed by atoms with E-state index in [0.717, 1.165) is 29.4 Å². The van der Waals surface area contributed by atoms with Crippen LogP contribution >= 0.6 is 11.6 Å². The molecule has 0 saturated heterocycles. The molecular weight excluding hydrogens is 284 g/mol. The van der Waals surface area contributed by atoms with Crippen LogP contribution in [0.4, 0.5) is 0 Å². The Morgan fingerprint density at radius 3 is 2.38 bits per heavy atom. The molecule has 1 atom stereocenters. The predicted octanol–water partition coefficient (Wildman–Crippen LogP) is 3.55. The number of hydrogen-bond acceptors (Lipinski definition) is 1. The van der Waals surface area contributed by atoms with E-state index in [1.807, 2.05) is 18.2 Å². The lowest BCUT2D eigenvalue weighted by molar-refractivity contribution is 0.541. The number of imidazole rings is 1. The third-order valence-corrected chi connectivity index (χ3v) is 4.96. The number of H-pyrrole nitrogens is 2. The molecule has 1 aliphatic carbocycles. The number of aromatic nitrogens is 2. The fraction of sp³-hybridized carbons (Fsp3) is 0.235. The van der Waals surface area contributed by atoms with E-state index < -0.39 is 0 Å². The van der Waals surface area contributed by atoms with E-state index in [2.05, 4.69) is 34.2 Å². The van der Waals surface area contributed by atoms with Gasteiger partial charge in [-0.3, -0.25) is 0 Å². The molecule has 0 radical (unpaired) electrons. The molecule has 0 fully saturated rings. The molecular formula is C17H15ClN2O. The average molecular weight is 299 g/mol. The van der Waals surface area contributed by atoms with Gasteiger partial charge in [-0.25, -0.2) is 4.79 Å². The van der Waals surface area contributed by atoms with Crippen molar-refractivity contribution in [1.82, 2.24) is 9.97 Å². The van der Waals surface area contributed by atoms with Crippen LogP contribution in [0, 0.1) is 5.92 Å². The third-order valence-electron chi connectivity index (χ3n) is 4.35. The highest BCUT2D eigenvalue weighted by Gasteiger charge is 2.28. The average Bonchev–Trinajstić information content (AvgIpc) is 3.07. The first-order valence-corrected chi connectivity index (χ1v) is 7.57. The molecule has 1 unspecified atom stereocenters. The number of aromatic amines is 2. The lowest BCUT2D eigenvalue weighted by Crippen LogP contribution is -2.08. The van der Waals surface area contributed by atoms with Crippen molar-refractivity contribution in [2.24, 2.45) is 5.92 Å². The lowest BCUT2D eigenvalue weighted by atomic mass is 9.96. The van der Waals surface area contributed by atoms with E-state index in [9.17, 15) is 4.79 Å². The first-order valence-electron chi connectivity index (χ1n) is 7.13. The van der Waals surface area contributed by atoms with Gasteiger partial charge in [0, 0.05) is 0 Å². The van der Waals surface area contributed by atoms with Crippen molar-refractivity contribution >= 4 is 22.6 Å². The minimum atomic E-state index is -0.179. The topological polar surface area (TPSA) is 48.6 Å². The zero-order valence-electron chi connectivity index (χ0n) is 11.4. The van der Waals surface area contributed by atoms with Gasteiger partial charge < -0.3 is 9.97 Å². The first kappa shape index (κ1) is 12.7. The molecule has 0 saturated carbocycles. The molecule has 106 valence electrons. The molecule has 0 aliphatic heterocycles. The van der Waals surface area contributed by atoms with Gasteiger partial charge in [0.1, 0.15) is 0 Å². The molecule has 1 heterocycles. The minimum Gasteiger partial charge on any atom is -0.306 e. The summed E-state index contributed by atoms with van der Waals surface area (Å²) in [4.78, 5) is 16.9. The Hall–Kier alpha value is -2.00. The van der Waals surface area contributed by atoms with Gasteiger partial charge >= 0.3 is 5.69 Å². The molecule has 21 heavy (non-hydrogen) atoms. The fourth-order valence-corrected chi connectivity index (χ4v) is 3.61. The molecule has 2 N–H and O–H groups in total. The van der Waals surface area contributed by atoms with Crippen molar-refractivity contribution in [2.45, 2.75) is 18.2 Å². The van der Waals surface area contributed by atoms with Crippen LogP contribution in [0.25, 0.3) is 11.0 Å². The Balaban J connectivity index is 1.65. The van der Waals surface area contributed by atoms with Crippen molar-refractivity contribution in [3.63, 3.8) is 0 Å². The molecule has 0 bridgehead atoms. The van der Waals surface area contributed by atoms with Crippen molar-refractivity contribution in [1.29, 1.82) is 0 Å². The van der Waals surface area contributed by atoms with E-state index in [0.29, 0.717) is 5.92 Å². The number of nitrogens with one attached hydrogen (secondary N) is 2. The van der Waals surface area contributed by atoms with Crippen LogP contribution in [0.1, 0.15) is 22.1 Å². The summed E-state index contributed by atoms with van der Waals surface area (Å²) in [6.07, 6.45) is 2.04. The summed E-state index contributed by atoms with van der Waals surface area (Å²) in [7, 11) is 0. The van der Waals surface area contributed by atoms with Crippen LogP contribution in [-0.2, 0) is 12.8 Å². The second-order valence-corrected chi connectivity index (χ2v) is 6.19. The molecule has 4 heteroatoms. The second kappa shape index (κ2) is 4.78. The molecule has 2 aromatic carbocycles. The Bertz CT molecular complexity index is 839. The largest absolute Gasteiger partial charge is 0.323 e. The highest BCUT2D eigenvalue weighted by atomic mass is 35.5. The smallest absolute Gasteiger partial charge is 0.306 e. The number of fused-ring (bicyclic) bond motifs is 2. The first-order chi connectivity index (χ1) is 10.2. The van der Waals surface area contributed by atoms with E-state index >= 15 is 0 Å². The van der Waals surface area contributed by atoms with Crippen LogP contribution in [0.2, 0.25) is 0 Å². The van der Waals surface area contributed by atoms with Gasteiger partial charge in [-0.15, -0.1) is 11.6 Å². The zero-order valence-corrected chi connectivity index (χ0v) is 12.2. The minimum absolute atomic E-state index is 0.0415. The fourth-order valence-electron chi connectivity index (χ4n) is 3.29. The summed E-state index contributed by atoms with van der Waals surface area (Å²) in [5.74, 6) is 0.409. The molecule has 0 spiro atoms. The molecule has 4 rings (SSSR count). The van der Waals surface area contributed by atoms with Gasteiger partial charge in [-0.2, -0.15) is 0 Å². The molecule has 3 nitrogen and oxygen atoms in total. The van der Waals surface area contributed by atoms with Crippen LogP contribution < -0.4 is 5.69 Å². The van der Waals surface area contributed by atoms with Gasteiger partial charge in [-0.1, -0.05) is 30.3 Å². The van der Waals surface area contributed by atoms with E-state index in [1.54, 1.807) is 0 Å². The van der Waals surface area contributed by atoms with Crippen molar-refractivity contribution in [3.05, 3.63) is 69.6 Å². The number of hydrogen-bond donors (Lipinski definition) is 2. The summed E-state index contributed by atoms with van der Waals surface area (Å²) >= 11 is 6.71. The number of rotatable bonds is 2. The molecule has 1 aromatic heterocycles. The summed E-state index contributed by atoms with van der Waals surface area (Å²) in [6, 6.07) is 14.4. The number of alkyl halides is 1. The maximum atomic E-state index is 11.3. The summed E-state index contributed by atoms with van der Waals surface area (Å²) in [5, 5.41) is -0.0415. The Morgan fingerprint density at radius 1 is 1.00 bits per heavy atom. The highest BCUT2D eigenvalue weighted by Crippen LogP contribution is 2.39. The Labute approximate surface area is 127 Å². The number of benzene rings is 2. The SMILES string of the molecule is O=c1[nH]c2ccc(C(Cl)C3Cc4ccccc4C3)cc2[nH]1. The van der Waals surface area contributed by atoms with Gasteiger partial charge in [0.15, 0.2) is 0 Å². The van der Waals surface area contributed by atoms with Crippen LogP contribution in [0.3, 0.4) is 0 Å². The Morgan fingerprint density at radius 2 is 1.67 bits per heavy atom. The van der Waals surface area contributed by atoms with E-state index in [4.69, 9.17) is 11.6 Å². The van der Waals surface area contributed by atoms with Crippen molar-refractivity contribution < 1.29 is 0 Å². The Kier molecular flexibility index (Phi) is 2.89. The maximum absolute atomic E-state index is 11.3. The van der Waals surface area contributed by atoms with Gasteiger partial charge in [0.25, 0.3) is 0 Å². The maximum Gasteiger partial charge on any atom is 0.323 e. The number of halogens is 1. The second-order valence-electron chi connectivity index (χ2n) is 5.72. The molecule has 0 amide bonds.